The smallest absolute Gasteiger partial charge is 0.303 e. The summed E-state index contributed by atoms with van der Waals surface area (Å²) in [5.74, 6) is -2.19. The van der Waals surface area contributed by atoms with Crippen molar-refractivity contribution in [2.45, 2.75) is 25.7 Å². The van der Waals surface area contributed by atoms with Gasteiger partial charge in [0.2, 0.25) is 0 Å². The molecule has 24 heavy (non-hydrogen) atoms. The molecule has 0 aliphatic rings. The fraction of sp³-hybridized carbons (Fsp3) is 0.222. The van der Waals surface area contributed by atoms with E-state index in [1.807, 2.05) is 36.4 Å². The van der Waals surface area contributed by atoms with E-state index in [0.717, 1.165) is 5.56 Å². The third-order valence-corrected chi connectivity index (χ3v) is 3.51. The van der Waals surface area contributed by atoms with Crippen LogP contribution in [-0.4, -0.2) is 26.9 Å². The largest absolute Gasteiger partial charge is 0.504 e. The minimum absolute atomic E-state index is 0.0354. The number of carboxylic acids is 1. The molecular weight excluding hydrogens is 308 g/mol. The molecular formula is C18H16N2O4. The molecule has 0 spiro atoms. The van der Waals surface area contributed by atoms with E-state index in [2.05, 4.69) is 4.98 Å². The highest BCUT2D eigenvalue weighted by atomic mass is 16.4. The van der Waals surface area contributed by atoms with Crippen LogP contribution in [0.3, 0.4) is 0 Å². The van der Waals surface area contributed by atoms with E-state index in [-0.39, 0.29) is 24.1 Å². The van der Waals surface area contributed by atoms with Gasteiger partial charge in [-0.05, 0) is 24.5 Å². The van der Waals surface area contributed by atoms with E-state index in [0.29, 0.717) is 18.5 Å². The van der Waals surface area contributed by atoms with E-state index in [4.69, 9.17) is 10.4 Å². The minimum Gasteiger partial charge on any atom is -0.504 e. The summed E-state index contributed by atoms with van der Waals surface area (Å²) < 4.78 is 0. The van der Waals surface area contributed by atoms with E-state index in [1.165, 1.54) is 6.07 Å². The molecule has 2 aromatic rings. The first kappa shape index (κ1) is 17.2. The van der Waals surface area contributed by atoms with Crippen molar-refractivity contribution in [3.8, 4) is 11.8 Å². The predicted octanol–water partition coefficient (Wildman–Crippen LogP) is 2.49. The molecule has 1 aromatic carbocycles. The summed E-state index contributed by atoms with van der Waals surface area (Å²) in [6.45, 7) is 0. The number of benzene rings is 1. The normalized spacial score (nSPS) is 10.1. The Balaban J connectivity index is 2.23. The monoisotopic (exact) mass is 324 g/mol. The number of rotatable bonds is 7. The Morgan fingerprint density at radius 1 is 1.12 bits per heavy atom. The molecule has 0 amide bonds. The van der Waals surface area contributed by atoms with Gasteiger partial charge in [-0.3, -0.25) is 9.59 Å². The lowest BCUT2D eigenvalue weighted by Gasteiger charge is -2.08. The molecule has 0 saturated carbocycles. The summed E-state index contributed by atoms with van der Waals surface area (Å²) >= 11 is 0. The van der Waals surface area contributed by atoms with Crippen molar-refractivity contribution in [1.29, 1.82) is 5.26 Å². The van der Waals surface area contributed by atoms with Crippen LogP contribution in [0.25, 0.3) is 0 Å². The van der Waals surface area contributed by atoms with Gasteiger partial charge in [-0.1, -0.05) is 30.3 Å². The highest BCUT2D eigenvalue weighted by Crippen LogP contribution is 2.23. The first-order valence-electron chi connectivity index (χ1n) is 7.43. The molecule has 0 unspecified atom stereocenters. The lowest BCUT2D eigenvalue weighted by Crippen LogP contribution is -2.09. The maximum atomic E-state index is 12.1. The molecule has 2 rings (SSSR count). The number of carbonyl (C=O) groups excluding carboxylic acids is 1. The summed E-state index contributed by atoms with van der Waals surface area (Å²) in [5.41, 5.74) is 1.32. The van der Waals surface area contributed by atoms with E-state index < -0.39 is 17.5 Å². The van der Waals surface area contributed by atoms with E-state index in [9.17, 15) is 14.7 Å². The number of pyridine rings is 1. The van der Waals surface area contributed by atoms with Crippen LogP contribution in [0.2, 0.25) is 0 Å². The SMILES string of the molecule is N#Cc1cc(CCc2ccccc2)nc(C(=O)CCC(=O)O)c1O. The molecule has 0 atom stereocenters. The number of ketones is 1. The lowest BCUT2D eigenvalue weighted by atomic mass is 10.0. The molecule has 0 aliphatic heterocycles. The average molecular weight is 324 g/mol. The predicted molar refractivity (Wildman–Crippen MR) is 85.7 cm³/mol. The van der Waals surface area contributed by atoms with Gasteiger partial charge in [-0.2, -0.15) is 5.26 Å². The topological polar surface area (TPSA) is 111 Å². The summed E-state index contributed by atoms with van der Waals surface area (Å²) in [7, 11) is 0. The number of nitrogens with zero attached hydrogens (tertiary/aromatic N) is 2. The molecule has 0 aliphatic carbocycles. The van der Waals surface area contributed by atoms with Crippen LogP contribution in [0.1, 0.15) is 40.2 Å². The second-order valence-corrected chi connectivity index (χ2v) is 5.27. The fourth-order valence-electron chi connectivity index (χ4n) is 2.26. The molecule has 1 heterocycles. The molecule has 0 saturated heterocycles. The number of carbonyl (C=O) groups is 2. The van der Waals surface area contributed by atoms with Crippen LogP contribution in [0.15, 0.2) is 36.4 Å². The van der Waals surface area contributed by atoms with Crippen LogP contribution in [-0.2, 0) is 17.6 Å². The zero-order valence-corrected chi connectivity index (χ0v) is 12.9. The lowest BCUT2D eigenvalue weighted by molar-refractivity contribution is -0.136. The first-order chi connectivity index (χ1) is 11.5. The van der Waals surface area contributed by atoms with Crippen molar-refractivity contribution >= 4 is 11.8 Å². The third kappa shape index (κ3) is 4.40. The molecule has 0 radical (unpaired) electrons. The third-order valence-electron chi connectivity index (χ3n) is 3.51. The van der Waals surface area contributed by atoms with Gasteiger partial charge < -0.3 is 10.2 Å². The van der Waals surface area contributed by atoms with Crippen molar-refractivity contribution in [3.63, 3.8) is 0 Å². The number of hydrogen-bond acceptors (Lipinski definition) is 5. The molecule has 122 valence electrons. The number of aromatic hydroxyl groups is 1. The van der Waals surface area contributed by atoms with Crippen molar-refractivity contribution < 1.29 is 19.8 Å². The molecule has 6 heteroatoms. The zero-order valence-electron chi connectivity index (χ0n) is 12.9. The Bertz CT molecular complexity index is 795. The Labute approximate surface area is 139 Å². The van der Waals surface area contributed by atoms with Crippen LogP contribution >= 0.6 is 0 Å². The second kappa shape index (κ2) is 7.88. The quantitative estimate of drug-likeness (QED) is 0.757. The van der Waals surface area contributed by atoms with Crippen LogP contribution in [0, 0.1) is 11.3 Å². The summed E-state index contributed by atoms with van der Waals surface area (Å²) in [4.78, 5) is 26.8. The van der Waals surface area contributed by atoms with Gasteiger partial charge in [-0.15, -0.1) is 0 Å². The maximum absolute atomic E-state index is 12.1. The molecule has 6 nitrogen and oxygen atoms in total. The highest BCUT2D eigenvalue weighted by molar-refractivity contribution is 5.98. The second-order valence-electron chi connectivity index (χ2n) is 5.27. The van der Waals surface area contributed by atoms with Gasteiger partial charge in [0.05, 0.1) is 12.0 Å². The highest BCUT2D eigenvalue weighted by Gasteiger charge is 2.19. The van der Waals surface area contributed by atoms with Crippen molar-refractivity contribution in [2.24, 2.45) is 0 Å². The van der Waals surface area contributed by atoms with Gasteiger partial charge >= 0.3 is 5.97 Å². The Morgan fingerprint density at radius 2 is 1.83 bits per heavy atom. The average Bonchev–Trinajstić information content (AvgIpc) is 2.59. The first-order valence-corrected chi connectivity index (χ1v) is 7.43. The summed E-state index contributed by atoms with van der Waals surface area (Å²) in [5, 5.41) is 27.7. The van der Waals surface area contributed by atoms with Gasteiger partial charge in [-0.25, -0.2) is 4.98 Å². The van der Waals surface area contributed by atoms with Crippen molar-refractivity contribution in [2.75, 3.05) is 0 Å². The van der Waals surface area contributed by atoms with Crippen molar-refractivity contribution in [3.05, 3.63) is 58.9 Å². The zero-order chi connectivity index (χ0) is 17.5. The Morgan fingerprint density at radius 3 is 2.46 bits per heavy atom. The van der Waals surface area contributed by atoms with Crippen LogP contribution in [0.5, 0.6) is 5.75 Å². The number of nitriles is 1. The molecule has 0 bridgehead atoms. The van der Waals surface area contributed by atoms with Gasteiger partial charge in [0.15, 0.2) is 11.5 Å². The summed E-state index contributed by atoms with van der Waals surface area (Å²) in [6.07, 6.45) is 0.545. The van der Waals surface area contributed by atoms with Gasteiger partial charge in [0.25, 0.3) is 0 Å². The van der Waals surface area contributed by atoms with Gasteiger partial charge in [0, 0.05) is 12.1 Å². The Hall–Kier alpha value is -3.20. The molecule has 1 aromatic heterocycles. The summed E-state index contributed by atoms with van der Waals surface area (Å²) in [6, 6.07) is 13.0. The number of carboxylic acid groups (broad SMARTS) is 1. The van der Waals surface area contributed by atoms with E-state index in [1.54, 1.807) is 0 Å². The Kier molecular flexibility index (Phi) is 5.63. The number of aryl methyl sites for hydroxylation is 2. The number of Topliss-reactive ketones (excluding diaryl/α,β-unsaturated/α-hetero) is 1. The van der Waals surface area contributed by atoms with E-state index >= 15 is 0 Å². The van der Waals surface area contributed by atoms with Crippen molar-refractivity contribution in [1.82, 2.24) is 4.98 Å². The maximum Gasteiger partial charge on any atom is 0.303 e. The fourth-order valence-corrected chi connectivity index (χ4v) is 2.26. The minimum atomic E-state index is -1.11. The molecule has 2 N–H and O–H groups in total. The molecule has 0 fully saturated rings. The van der Waals surface area contributed by atoms with Crippen LogP contribution < -0.4 is 0 Å². The van der Waals surface area contributed by atoms with Gasteiger partial charge in [0.1, 0.15) is 11.8 Å². The van der Waals surface area contributed by atoms with Crippen LogP contribution in [0.4, 0.5) is 0 Å². The number of aliphatic carboxylic acids is 1. The standard InChI is InChI=1S/C18H16N2O4/c19-11-13-10-14(7-6-12-4-2-1-3-5-12)20-17(18(13)24)15(21)8-9-16(22)23/h1-5,10,24H,6-9H2,(H,22,23). The number of hydrogen-bond donors (Lipinski definition) is 2. The number of aromatic nitrogens is 1.